The lowest BCUT2D eigenvalue weighted by molar-refractivity contribution is 0.417. The normalized spacial score (nSPS) is 11.0. The van der Waals surface area contributed by atoms with Gasteiger partial charge < -0.3 is 4.74 Å². The van der Waals surface area contributed by atoms with E-state index in [0.717, 1.165) is 10.0 Å². The summed E-state index contributed by atoms with van der Waals surface area (Å²) in [5, 5.41) is 0.436. The van der Waals surface area contributed by atoms with E-state index in [1.807, 2.05) is 13.0 Å². The molecule has 0 radical (unpaired) electrons. The van der Waals surface area contributed by atoms with Gasteiger partial charge in [0.05, 0.1) is 18.2 Å². The first-order valence-electron chi connectivity index (χ1n) is 7.01. The molecule has 2 aromatic carbocycles. The lowest BCUT2D eigenvalue weighted by Crippen LogP contribution is -2.38. The molecule has 0 amide bonds. The summed E-state index contributed by atoms with van der Waals surface area (Å²) in [6, 6.07) is 10.6. The third kappa shape index (κ3) is 2.30. The Balaban J connectivity index is 2.53. The maximum absolute atomic E-state index is 12.9. The number of benzene rings is 2. The Morgan fingerprint density at radius 1 is 1.09 bits per heavy atom. The molecule has 0 aliphatic carbocycles. The second-order valence-corrected chi connectivity index (χ2v) is 6.08. The van der Waals surface area contributed by atoms with Crippen molar-refractivity contribution in [3.63, 3.8) is 0 Å². The van der Waals surface area contributed by atoms with Crippen LogP contribution < -0.4 is 16.0 Å². The van der Waals surface area contributed by atoms with E-state index in [1.165, 1.54) is 16.2 Å². The predicted octanol–water partition coefficient (Wildman–Crippen LogP) is 2.77. The molecule has 0 atom stereocenters. The first-order valence-corrected chi connectivity index (χ1v) is 7.81. The number of ether oxygens (including phenoxy) is 1. The molecule has 0 saturated carbocycles. The minimum atomic E-state index is -0.409. The van der Waals surface area contributed by atoms with Crippen LogP contribution in [0, 0.1) is 6.92 Å². The van der Waals surface area contributed by atoms with Crippen LogP contribution in [0.4, 0.5) is 0 Å². The highest BCUT2D eigenvalue weighted by Gasteiger charge is 2.17. The van der Waals surface area contributed by atoms with Gasteiger partial charge in [0, 0.05) is 11.5 Å². The number of nitrogens with zero attached hydrogens (tertiary/aromatic N) is 2. The molecule has 0 saturated heterocycles. The predicted molar refractivity (Wildman–Crippen MR) is 93.8 cm³/mol. The molecule has 0 aliphatic heterocycles. The van der Waals surface area contributed by atoms with Crippen LogP contribution >= 0.6 is 15.9 Å². The Morgan fingerprint density at radius 3 is 2.48 bits per heavy atom. The molecule has 0 fully saturated rings. The second kappa shape index (κ2) is 5.70. The third-order valence-electron chi connectivity index (χ3n) is 3.95. The lowest BCUT2D eigenvalue weighted by atomic mass is 10.2. The number of aryl methyl sites for hydroxylation is 1. The third-order valence-corrected chi connectivity index (χ3v) is 4.81. The molecule has 0 spiro atoms. The standard InChI is InChI=1S/C17H15BrN2O3/c1-10-12(18)7-5-8-13(10)20-16(21)11-6-4-9-14(23-3)15(11)19(2)17(20)22/h4-9H,1-3H3. The lowest BCUT2D eigenvalue weighted by Gasteiger charge is -2.15. The molecule has 1 heterocycles. The van der Waals surface area contributed by atoms with Crippen molar-refractivity contribution in [2.24, 2.45) is 7.05 Å². The summed E-state index contributed by atoms with van der Waals surface area (Å²) in [5.41, 5.74) is 1.12. The minimum Gasteiger partial charge on any atom is -0.495 e. The van der Waals surface area contributed by atoms with Crippen LogP contribution in [0.5, 0.6) is 5.75 Å². The van der Waals surface area contributed by atoms with E-state index in [-0.39, 0.29) is 5.56 Å². The molecule has 5 nitrogen and oxygen atoms in total. The van der Waals surface area contributed by atoms with Crippen LogP contribution in [0.3, 0.4) is 0 Å². The summed E-state index contributed by atoms with van der Waals surface area (Å²) in [6.07, 6.45) is 0. The fourth-order valence-electron chi connectivity index (χ4n) is 2.71. The number of halogens is 1. The largest absolute Gasteiger partial charge is 0.495 e. The van der Waals surface area contributed by atoms with E-state index in [4.69, 9.17) is 4.74 Å². The quantitative estimate of drug-likeness (QED) is 0.692. The van der Waals surface area contributed by atoms with Gasteiger partial charge in [0.15, 0.2) is 0 Å². The van der Waals surface area contributed by atoms with Crippen molar-refractivity contribution >= 4 is 26.8 Å². The van der Waals surface area contributed by atoms with Crippen LogP contribution in [-0.2, 0) is 7.05 Å². The summed E-state index contributed by atoms with van der Waals surface area (Å²) in [6.45, 7) is 1.86. The Bertz CT molecular complexity index is 1030. The Hall–Kier alpha value is -2.34. The Labute approximate surface area is 140 Å². The summed E-state index contributed by atoms with van der Waals surface area (Å²) in [5.74, 6) is 0.498. The zero-order valence-electron chi connectivity index (χ0n) is 13.0. The summed E-state index contributed by atoms with van der Waals surface area (Å²) in [7, 11) is 3.15. The molecule has 0 bridgehead atoms. The number of hydrogen-bond donors (Lipinski definition) is 0. The van der Waals surface area contributed by atoms with Crippen LogP contribution in [0.1, 0.15) is 5.56 Å². The Kier molecular flexibility index (Phi) is 3.85. The topological polar surface area (TPSA) is 53.2 Å². The number of methoxy groups -OCH3 is 1. The van der Waals surface area contributed by atoms with Crippen molar-refractivity contribution in [2.75, 3.05) is 7.11 Å². The highest BCUT2D eigenvalue weighted by atomic mass is 79.9. The molecule has 23 heavy (non-hydrogen) atoms. The maximum Gasteiger partial charge on any atom is 0.335 e. The van der Waals surface area contributed by atoms with Gasteiger partial charge in [0.1, 0.15) is 11.3 Å². The van der Waals surface area contributed by atoms with E-state index >= 15 is 0 Å². The molecule has 1 aromatic heterocycles. The summed E-state index contributed by atoms with van der Waals surface area (Å²) < 4.78 is 8.77. The van der Waals surface area contributed by atoms with Gasteiger partial charge in [-0.3, -0.25) is 9.36 Å². The van der Waals surface area contributed by atoms with E-state index in [9.17, 15) is 9.59 Å². The maximum atomic E-state index is 12.9. The molecular formula is C17H15BrN2O3. The SMILES string of the molecule is COc1cccc2c(=O)n(-c3cccc(Br)c3C)c(=O)n(C)c12. The molecular weight excluding hydrogens is 360 g/mol. The first kappa shape index (κ1) is 15.6. The van der Waals surface area contributed by atoms with Crippen molar-refractivity contribution in [2.45, 2.75) is 6.92 Å². The van der Waals surface area contributed by atoms with Crippen molar-refractivity contribution in [1.82, 2.24) is 9.13 Å². The molecule has 3 rings (SSSR count). The monoisotopic (exact) mass is 374 g/mol. The molecule has 118 valence electrons. The first-order chi connectivity index (χ1) is 11.0. The van der Waals surface area contributed by atoms with Crippen molar-refractivity contribution < 1.29 is 4.74 Å². The van der Waals surface area contributed by atoms with Crippen molar-refractivity contribution in [3.05, 3.63) is 67.3 Å². The summed E-state index contributed by atoms with van der Waals surface area (Å²) >= 11 is 3.44. The second-order valence-electron chi connectivity index (χ2n) is 5.22. The molecule has 0 unspecified atom stereocenters. The number of para-hydroxylation sites is 1. The summed E-state index contributed by atoms with van der Waals surface area (Å²) in [4.78, 5) is 25.7. The molecule has 3 aromatic rings. The van der Waals surface area contributed by atoms with Crippen LogP contribution in [0.2, 0.25) is 0 Å². The van der Waals surface area contributed by atoms with Crippen molar-refractivity contribution in [3.8, 4) is 11.4 Å². The number of aromatic nitrogens is 2. The zero-order valence-corrected chi connectivity index (χ0v) is 14.5. The fourth-order valence-corrected chi connectivity index (χ4v) is 3.07. The highest BCUT2D eigenvalue weighted by molar-refractivity contribution is 9.10. The van der Waals surface area contributed by atoms with Gasteiger partial charge in [-0.25, -0.2) is 9.36 Å². The number of hydrogen-bond acceptors (Lipinski definition) is 3. The van der Waals surface area contributed by atoms with Gasteiger partial charge in [-0.1, -0.05) is 28.1 Å². The van der Waals surface area contributed by atoms with Crippen LogP contribution in [0.15, 0.2) is 50.5 Å². The minimum absolute atomic E-state index is 0.358. The smallest absolute Gasteiger partial charge is 0.335 e. The van der Waals surface area contributed by atoms with Gasteiger partial charge in [-0.2, -0.15) is 0 Å². The molecule has 6 heteroatoms. The molecule has 0 aliphatic rings. The van der Waals surface area contributed by atoms with E-state index in [0.29, 0.717) is 22.3 Å². The van der Waals surface area contributed by atoms with E-state index in [2.05, 4.69) is 15.9 Å². The Morgan fingerprint density at radius 2 is 1.78 bits per heavy atom. The van der Waals surface area contributed by atoms with E-state index < -0.39 is 5.69 Å². The average Bonchev–Trinajstić information content (AvgIpc) is 2.56. The van der Waals surface area contributed by atoms with Gasteiger partial charge in [0.25, 0.3) is 5.56 Å². The van der Waals surface area contributed by atoms with E-state index in [1.54, 1.807) is 37.4 Å². The fraction of sp³-hybridized carbons (Fsp3) is 0.176. The zero-order chi connectivity index (χ0) is 16.7. The van der Waals surface area contributed by atoms with Gasteiger partial charge >= 0.3 is 5.69 Å². The number of fused-ring (bicyclic) bond motifs is 1. The molecule has 0 N–H and O–H groups in total. The number of rotatable bonds is 2. The van der Waals surface area contributed by atoms with Crippen molar-refractivity contribution in [1.29, 1.82) is 0 Å². The average molecular weight is 375 g/mol. The van der Waals surface area contributed by atoms with Crippen LogP contribution in [-0.4, -0.2) is 16.2 Å². The van der Waals surface area contributed by atoms with Gasteiger partial charge in [0.2, 0.25) is 0 Å². The van der Waals surface area contributed by atoms with Gasteiger partial charge in [-0.05, 0) is 36.8 Å². The van der Waals surface area contributed by atoms with Crippen LogP contribution in [0.25, 0.3) is 16.6 Å². The highest BCUT2D eigenvalue weighted by Crippen LogP contribution is 2.24. The van der Waals surface area contributed by atoms with Gasteiger partial charge in [-0.15, -0.1) is 0 Å².